The Balaban J connectivity index is 2.09. The van der Waals surface area contributed by atoms with Gasteiger partial charge in [-0.3, -0.25) is 4.79 Å². The van der Waals surface area contributed by atoms with E-state index < -0.39 is 0 Å². The first-order valence-electron chi connectivity index (χ1n) is 7.00. The first-order chi connectivity index (χ1) is 11.5. The molecule has 0 atom stereocenters. The quantitative estimate of drug-likeness (QED) is 0.798. The van der Waals surface area contributed by atoms with Crippen molar-refractivity contribution in [2.45, 2.75) is 6.54 Å². The number of hydrogen-bond acceptors (Lipinski definition) is 3. The van der Waals surface area contributed by atoms with Gasteiger partial charge in [0, 0.05) is 13.6 Å². The van der Waals surface area contributed by atoms with E-state index in [0.717, 1.165) is 5.56 Å². The van der Waals surface area contributed by atoms with Gasteiger partial charge in [-0.2, -0.15) is 0 Å². The number of nitrogens with zero attached hydrogens (tertiary/aromatic N) is 1. The van der Waals surface area contributed by atoms with Crippen molar-refractivity contribution in [3.05, 3.63) is 45.7 Å². The van der Waals surface area contributed by atoms with Gasteiger partial charge in [-0.1, -0.05) is 35.2 Å². The average molecular weight is 367 g/mol. The lowest BCUT2D eigenvalue weighted by atomic mass is 10.2. The molecule has 0 saturated carbocycles. The third-order valence-electron chi connectivity index (χ3n) is 3.34. The average Bonchev–Trinajstić information content (AvgIpc) is 2.85. The van der Waals surface area contributed by atoms with E-state index in [1.807, 2.05) is 6.07 Å². The van der Waals surface area contributed by atoms with E-state index in [0.29, 0.717) is 33.9 Å². The van der Waals surface area contributed by atoms with Crippen LogP contribution in [0.1, 0.15) is 16.1 Å². The fourth-order valence-electron chi connectivity index (χ4n) is 2.10. The molecule has 2 rings (SSSR count). The van der Waals surface area contributed by atoms with E-state index in [1.54, 1.807) is 26.3 Å². The summed E-state index contributed by atoms with van der Waals surface area (Å²) < 4.78 is 12.2. The molecule has 0 aliphatic carbocycles. The molecule has 1 N–H and O–H groups in total. The number of nitrogens with one attached hydrogen (secondary N) is 1. The normalized spacial score (nSPS) is 10.1. The highest BCUT2D eigenvalue weighted by Gasteiger charge is 2.15. The zero-order valence-electron chi connectivity index (χ0n) is 13.2. The lowest BCUT2D eigenvalue weighted by Gasteiger charge is -2.11. The Hall–Kier alpha value is -2.29. The summed E-state index contributed by atoms with van der Waals surface area (Å²) in [5.41, 5.74) is 1.21. The molecule has 1 aromatic heterocycles. The lowest BCUT2D eigenvalue weighted by Crippen LogP contribution is -2.24. The van der Waals surface area contributed by atoms with Gasteiger partial charge < -0.3 is 19.4 Å². The van der Waals surface area contributed by atoms with Crippen LogP contribution in [0.3, 0.4) is 0 Å². The van der Waals surface area contributed by atoms with Crippen molar-refractivity contribution in [3.8, 4) is 23.8 Å². The molecule has 0 bridgehead atoms. The molecular weight excluding hydrogens is 351 g/mol. The minimum Gasteiger partial charge on any atom is -0.493 e. The van der Waals surface area contributed by atoms with Gasteiger partial charge in [0.25, 0.3) is 5.91 Å². The highest BCUT2D eigenvalue weighted by Crippen LogP contribution is 2.28. The fraction of sp³-hybridized carbons (Fsp3) is 0.235. The second-order valence-electron chi connectivity index (χ2n) is 4.89. The summed E-state index contributed by atoms with van der Waals surface area (Å²) in [5, 5.41) is 3.45. The topological polar surface area (TPSA) is 52.5 Å². The van der Waals surface area contributed by atoms with Crippen LogP contribution >= 0.6 is 23.2 Å². The molecule has 0 radical (unpaired) electrons. The van der Waals surface area contributed by atoms with E-state index in [4.69, 9.17) is 39.1 Å². The number of halogens is 2. The number of benzene rings is 1. The maximum absolute atomic E-state index is 12.3. The molecular formula is C17H16Cl2N2O3. The molecule has 2 aromatic rings. The van der Waals surface area contributed by atoms with Crippen LogP contribution in [-0.4, -0.2) is 24.2 Å². The zero-order valence-corrected chi connectivity index (χ0v) is 14.7. The monoisotopic (exact) mass is 366 g/mol. The summed E-state index contributed by atoms with van der Waals surface area (Å²) in [7, 11) is 3.21. The van der Waals surface area contributed by atoms with Crippen LogP contribution in [0.15, 0.2) is 24.3 Å². The number of aromatic nitrogens is 1. The van der Waals surface area contributed by atoms with Crippen LogP contribution in [-0.2, 0) is 13.6 Å². The van der Waals surface area contributed by atoms with E-state index in [9.17, 15) is 4.79 Å². The molecule has 5 nitrogen and oxygen atoms in total. The second-order valence-corrected chi connectivity index (χ2v) is 5.65. The van der Waals surface area contributed by atoms with Crippen molar-refractivity contribution in [1.29, 1.82) is 0 Å². The Kier molecular flexibility index (Phi) is 6.02. The van der Waals surface area contributed by atoms with Crippen LogP contribution in [0.25, 0.3) is 0 Å². The number of ether oxygens (including phenoxy) is 2. The molecule has 0 aliphatic heterocycles. The summed E-state index contributed by atoms with van der Waals surface area (Å²) in [6, 6.07) is 6.87. The fourth-order valence-corrected chi connectivity index (χ4v) is 2.47. The van der Waals surface area contributed by atoms with Crippen molar-refractivity contribution in [1.82, 2.24) is 9.88 Å². The number of carbonyl (C=O) groups is 1. The Morgan fingerprint density at radius 3 is 2.67 bits per heavy atom. The summed E-state index contributed by atoms with van der Waals surface area (Å²) in [4.78, 5) is 12.3. The summed E-state index contributed by atoms with van der Waals surface area (Å²) in [6.07, 6.45) is 5.20. The summed E-state index contributed by atoms with van der Waals surface area (Å²) in [5.74, 6) is 3.20. The maximum Gasteiger partial charge on any atom is 0.268 e. The largest absolute Gasteiger partial charge is 0.493 e. The Labute approximate surface area is 150 Å². The van der Waals surface area contributed by atoms with Gasteiger partial charge >= 0.3 is 0 Å². The molecule has 0 spiro atoms. The van der Waals surface area contributed by atoms with Crippen molar-refractivity contribution in [3.63, 3.8) is 0 Å². The molecule has 126 valence electrons. The summed E-state index contributed by atoms with van der Waals surface area (Å²) >= 11 is 11.9. The molecule has 7 heteroatoms. The van der Waals surface area contributed by atoms with Crippen molar-refractivity contribution in [2.75, 3.05) is 13.7 Å². The van der Waals surface area contributed by atoms with Gasteiger partial charge in [0.05, 0.1) is 12.1 Å². The minimum absolute atomic E-state index is 0.131. The molecule has 0 saturated heterocycles. The van der Waals surface area contributed by atoms with Crippen LogP contribution < -0.4 is 14.8 Å². The molecule has 0 fully saturated rings. The van der Waals surface area contributed by atoms with Crippen molar-refractivity contribution < 1.29 is 14.3 Å². The molecule has 0 unspecified atom stereocenters. The minimum atomic E-state index is -0.284. The van der Waals surface area contributed by atoms with Gasteiger partial charge in [-0.15, -0.1) is 6.42 Å². The second kappa shape index (κ2) is 8.00. The van der Waals surface area contributed by atoms with Crippen molar-refractivity contribution in [2.24, 2.45) is 7.05 Å². The van der Waals surface area contributed by atoms with Crippen LogP contribution in [0, 0.1) is 12.3 Å². The van der Waals surface area contributed by atoms with E-state index in [-0.39, 0.29) is 12.5 Å². The Bertz CT molecular complexity index is 794. The van der Waals surface area contributed by atoms with E-state index in [2.05, 4.69) is 11.2 Å². The number of methoxy groups -OCH3 is 1. The molecule has 0 aliphatic rings. The van der Waals surface area contributed by atoms with Crippen molar-refractivity contribution >= 4 is 29.1 Å². The number of hydrogen-bond donors (Lipinski definition) is 1. The third-order valence-corrected chi connectivity index (χ3v) is 4.18. The van der Waals surface area contributed by atoms with E-state index in [1.165, 1.54) is 10.6 Å². The highest BCUT2D eigenvalue weighted by molar-refractivity contribution is 6.41. The zero-order chi connectivity index (χ0) is 17.7. The first-order valence-corrected chi connectivity index (χ1v) is 7.75. The molecule has 1 heterocycles. The number of rotatable bonds is 6. The highest BCUT2D eigenvalue weighted by atomic mass is 35.5. The summed E-state index contributed by atoms with van der Waals surface area (Å²) in [6.45, 7) is 0.433. The van der Waals surface area contributed by atoms with E-state index >= 15 is 0 Å². The molecule has 1 amide bonds. The smallest absolute Gasteiger partial charge is 0.268 e. The van der Waals surface area contributed by atoms with Gasteiger partial charge in [0.15, 0.2) is 11.5 Å². The van der Waals surface area contributed by atoms with Gasteiger partial charge in [-0.25, -0.2) is 0 Å². The standard InChI is InChI=1S/C17H16Cl2N2O3/c1-4-7-24-15-8-11(5-6-14(15)23-3)10-20-17(22)13-9-12(18)16(19)21(13)2/h1,5-6,8-9H,7,10H2,2-3H3,(H,20,22). The number of carbonyl (C=O) groups excluding carboxylic acids is 1. The van der Waals surface area contributed by atoms with Gasteiger partial charge in [0.2, 0.25) is 0 Å². The Morgan fingerprint density at radius 1 is 1.33 bits per heavy atom. The van der Waals surface area contributed by atoms with Crippen LogP contribution in [0.2, 0.25) is 10.2 Å². The number of terminal acetylenes is 1. The van der Waals surface area contributed by atoms with Gasteiger partial charge in [0.1, 0.15) is 17.5 Å². The van der Waals surface area contributed by atoms with Gasteiger partial charge in [-0.05, 0) is 23.8 Å². The SMILES string of the molecule is C#CCOc1cc(CNC(=O)c2cc(Cl)c(Cl)n2C)ccc1OC. The number of amides is 1. The first kappa shape index (κ1) is 18.1. The Morgan fingerprint density at radius 2 is 2.08 bits per heavy atom. The molecule has 24 heavy (non-hydrogen) atoms. The lowest BCUT2D eigenvalue weighted by molar-refractivity contribution is 0.0942. The predicted molar refractivity (Wildman–Crippen MR) is 93.9 cm³/mol. The van der Waals surface area contributed by atoms with Crippen LogP contribution in [0.5, 0.6) is 11.5 Å². The van der Waals surface area contributed by atoms with Crippen LogP contribution in [0.4, 0.5) is 0 Å². The molecule has 1 aromatic carbocycles. The maximum atomic E-state index is 12.3. The third kappa shape index (κ3) is 3.97. The predicted octanol–water partition coefficient (Wildman–Crippen LogP) is 3.28.